The van der Waals surface area contributed by atoms with E-state index in [1.54, 1.807) is 5.38 Å². The maximum absolute atomic E-state index is 12.2. The van der Waals surface area contributed by atoms with Crippen molar-refractivity contribution in [2.45, 2.75) is 25.7 Å². The van der Waals surface area contributed by atoms with Gasteiger partial charge >= 0.3 is 0 Å². The minimum Gasteiger partial charge on any atom is -0.337 e. The molecule has 1 aliphatic heterocycles. The number of hydrogen-bond acceptors (Lipinski definition) is 4. The van der Waals surface area contributed by atoms with Gasteiger partial charge in [0.2, 0.25) is 5.91 Å². The summed E-state index contributed by atoms with van der Waals surface area (Å²) in [5.41, 5.74) is 1.56. The second-order valence-corrected chi connectivity index (χ2v) is 6.43. The molecule has 1 fully saturated rings. The van der Waals surface area contributed by atoms with Gasteiger partial charge in [-0.25, -0.2) is 4.98 Å². The molecule has 5 nitrogen and oxygen atoms in total. The first-order valence-corrected chi connectivity index (χ1v) is 8.69. The van der Waals surface area contributed by atoms with Crippen molar-refractivity contribution in [3.63, 3.8) is 0 Å². The molecular formula is C17H19N3O2S. The topological polar surface area (TPSA) is 62.3 Å². The van der Waals surface area contributed by atoms with E-state index in [-0.39, 0.29) is 11.8 Å². The molecule has 2 heterocycles. The number of nitrogens with zero attached hydrogens (tertiary/aromatic N) is 2. The fraction of sp³-hybridized carbons (Fsp3) is 0.353. The maximum Gasteiger partial charge on any atom is 0.273 e. The summed E-state index contributed by atoms with van der Waals surface area (Å²) in [4.78, 5) is 30.3. The largest absolute Gasteiger partial charge is 0.337 e. The highest BCUT2D eigenvalue weighted by atomic mass is 32.1. The first kappa shape index (κ1) is 15.7. The number of hydrogen-bond donors (Lipinski definition) is 1. The van der Waals surface area contributed by atoms with E-state index in [0.717, 1.165) is 31.5 Å². The van der Waals surface area contributed by atoms with Gasteiger partial charge in [-0.05, 0) is 24.8 Å². The lowest BCUT2D eigenvalue weighted by atomic mass is 10.1. The van der Waals surface area contributed by atoms with Crippen molar-refractivity contribution >= 4 is 28.3 Å². The summed E-state index contributed by atoms with van der Waals surface area (Å²) in [5, 5.41) is 4.98. The predicted octanol–water partition coefficient (Wildman–Crippen LogP) is 2.95. The number of aromatic nitrogens is 1. The number of amides is 2. The van der Waals surface area contributed by atoms with Crippen molar-refractivity contribution in [2.24, 2.45) is 0 Å². The lowest BCUT2D eigenvalue weighted by Gasteiger charge is -2.12. The molecule has 0 radical (unpaired) electrons. The molecule has 0 aliphatic carbocycles. The zero-order valence-corrected chi connectivity index (χ0v) is 13.6. The standard InChI is InChI=1S/C17H19N3O2S/c21-15(9-8-13-6-2-1-3-7-13)19-17-18-14(12-23-17)16(22)20-10-4-5-11-20/h1-3,6-7,12H,4-5,8-11H2,(H,18,19,21). The van der Waals surface area contributed by atoms with Crippen LogP contribution in [0, 0.1) is 0 Å². The van der Waals surface area contributed by atoms with Gasteiger partial charge in [0.1, 0.15) is 5.69 Å². The normalized spacial score (nSPS) is 14.0. The molecule has 120 valence electrons. The van der Waals surface area contributed by atoms with Crippen LogP contribution >= 0.6 is 11.3 Å². The highest BCUT2D eigenvalue weighted by Gasteiger charge is 2.21. The monoisotopic (exact) mass is 329 g/mol. The lowest BCUT2D eigenvalue weighted by Crippen LogP contribution is -2.27. The summed E-state index contributed by atoms with van der Waals surface area (Å²) in [7, 11) is 0. The number of carbonyl (C=O) groups is 2. The van der Waals surface area contributed by atoms with Crippen LogP contribution in [0.4, 0.5) is 5.13 Å². The summed E-state index contributed by atoms with van der Waals surface area (Å²) in [6.07, 6.45) is 3.20. The van der Waals surface area contributed by atoms with E-state index in [2.05, 4.69) is 10.3 Å². The molecule has 0 unspecified atom stereocenters. The average molecular weight is 329 g/mol. The molecule has 0 spiro atoms. The van der Waals surface area contributed by atoms with E-state index in [1.165, 1.54) is 11.3 Å². The Morgan fingerprint density at radius 2 is 1.91 bits per heavy atom. The van der Waals surface area contributed by atoms with Gasteiger partial charge in [0.15, 0.2) is 5.13 Å². The molecule has 0 bridgehead atoms. The first-order chi connectivity index (χ1) is 11.2. The van der Waals surface area contributed by atoms with Gasteiger partial charge < -0.3 is 10.2 Å². The first-order valence-electron chi connectivity index (χ1n) is 7.81. The van der Waals surface area contributed by atoms with Crippen LogP contribution in [0.5, 0.6) is 0 Å². The third-order valence-corrected chi connectivity index (χ3v) is 4.60. The van der Waals surface area contributed by atoms with E-state index < -0.39 is 0 Å². The van der Waals surface area contributed by atoms with Gasteiger partial charge in [-0.3, -0.25) is 9.59 Å². The van der Waals surface area contributed by atoms with Crippen LogP contribution in [-0.4, -0.2) is 34.8 Å². The molecule has 1 aromatic heterocycles. The molecule has 2 aromatic rings. The second-order valence-electron chi connectivity index (χ2n) is 5.57. The van der Waals surface area contributed by atoms with Crippen LogP contribution in [0.1, 0.15) is 35.3 Å². The van der Waals surface area contributed by atoms with Crippen molar-refractivity contribution in [3.8, 4) is 0 Å². The summed E-state index contributed by atoms with van der Waals surface area (Å²) in [6.45, 7) is 1.60. The van der Waals surface area contributed by atoms with Crippen LogP contribution < -0.4 is 5.32 Å². The van der Waals surface area contributed by atoms with Crippen LogP contribution in [0.2, 0.25) is 0 Å². The molecule has 1 saturated heterocycles. The van der Waals surface area contributed by atoms with Crippen molar-refractivity contribution in [1.82, 2.24) is 9.88 Å². The van der Waals surface area contributed by atoms with E-state index in [4.69, 9.17) is 0 Å². The Kier molecular flexibility index (Phi) is 5.02. The highest BCUT2D eigenvalue weighted by Crippen LogP contribution is 2.19. The zero-order chi connectivity index (χ0) is 16.1. The number of rotatable bonds is 5. The third-order valence-electron chi connectivity index (χ3n) is 3.85. The number of anilines is 1. The van der Waals surface area contributed by atoms with Gasteiger partial charge in [-0.2, -0.15) is 0 Å². The number of benzene rings is 1. The van der Waals surface area contributed by atoms with Gasteiger partial charge in [0.05, 0.1) is 0 Å². The molecule has 3 rings (SSSR count). The Labute approximate surface area is 139 Å². The quantitative estimate of drug-likeness (QED) is 0.917. The molecule has 1 aliphatic rings. The fourth-order valence-corrected chi connectivity index (χ4v) is 3.30. The Hall–Kier alpha value is -2.21. The van der Waals surface area contributed by atoms with Gasteiger partial charge in [0, 0.05) is 24.9 Å². The number of likely N-dealkylation sites (tertiary alicyclic amines) is 1. The van der Waals surface area contributed by atoms with Crippen LogP contribution in [0.3, 0.4) is 0 Å². The van der Waals surface area contributed by atoms with Crippen LogP contribution in [-0.2, 0) is 11.2 Å². The van der Waals surface area contributed by atoms with Gasteiger partial charge in [0.25, 0.3) is 5.91 Å². The molecule has 0 saturated carbocycles. The molecule has 1 N–H and O–H groups in total. The molecule has 1 aromatic carbocycles. The van der Waals surface area contributed by atoms with Gasteiger partial charge in [-0.1, -0.05) is 30.3 Å². The Morgan fingerprint density at radius 1 is 1.17 bits per heavy atom. The average Bonchev–Trinajstić information content (AvgIpc) is 3.25. The number of thiazole rings is 1. The van der Waals surface area contributed by atoms with Crippen molar-refractivity contribution in [1.29, 1.82) is 0 Å². The molecule has 2 amide bonds. The zero-order valence-electron chi connectivity index (χ0n) is 12.8. The summed E-state index contributed by atoms with van der Waals surface area (Å²) in [5.74, 6) is -0.119. The van der Waals surface area contributed by atoms with Crippen LogP contribution in [0.25, 0.3) is 0 Å². The van der Waals surface area contributed by atoms with Crippen molar-refractivity contribution in [3.05, 3.63) is 47.0 Å². The second kappa shape index (κ2) is 7.37. The fourth-order valence-electron chi connectivity index (χ4n) is 2.60. The molecule has 0 atom stereocenters. The summed E-state index contributed by atoms with van der Waals surface area (Å²) >= 11 is 1.30. The minimum atomic E-state index is -0.0802. The Morgan fingerprint density at radius 3 is 2.65 bits per heavy atom. The van der Waals surface area contributed by atoms with E-state index in [1.807, 2.05) is 35.2 Å². The smallest absolute Gasteiger partial charge is 0.273 e. The molecule has 23 heavy (non-hydrogen) atoms. The SMILES string of the molecule is O=C(CCc1ccccc1)Nc1nc(C(=O)N2CCCC2)cs1. The van der Waals surface area contributed by atoms with E-state index in [0.29, 0.717) is 23.7 Å². The predicted molar refractivity (Wildman–Crippen MR) is 90.6 cm³/mol. The van der Waals surface area contributed by atoms with Gasteiger partial charge in [-0.15, -0.1) is 11.3 Å². The number of carbonyl (C=O) groups excluding carboxylic acids is 2. The van der Waals surface area contributed by atoms with Crippen molar-refractivity contribution in [2.75, 3.05) is 18.4 Å². The number of aryl methyl sites for hydroxylation is 1. The maximum atomic E-state index is 12.2. The highest BCUT2D eigenvalue weighted by molar-refractivity contribution is 7.14. The summed E-state index contributed by atoms with van der Waals surface area (Å²) < 4.78 is 0. The lowest BCUT2D eigenvalue weighted by molar-refractivity contribution is -0.116. The van der Waals surface area contributed by atoms with E-state index >= 15 is 0 Å². The Balaban J connectivity index is 1.52. The van der Waals surface area contributed by atoms with E-state index in [9.17, 15) is 9.59 Å². The third kappa shape index (κ3) is 4.16. The molecule has 6 heteroatoms. The summed E-state index contributed by atoms with van der Waals surface area (Å²) in [6, 6.07) is 9.89. The molecular weight excluding hydrogens is 310 g/mol. The Bertz CT molecular complexity index is 678. The minimum absolute atomic E-state index is 0.0384. The van der Waals surface area contributed by atoms with Crippen LogP contribution in [0.15, 0.2) is 35.7 Å². The number of nitrogens with one attached hydrogen (secondary N) is 1. The van der Waals surface area contributed by atoms with Crippen molar-refractivity contribution < 1.29 is 9.59 Å².